The quantitative estimate of drug-likeness (QED) is 0.731. The smallest absolute Gasteiger partial charge is 0.307 e. The summed E-state index contributed by atoms with van der Waals surface area (Å²) >= 11 is 0. The van der Waals surface area contributed by atoms with Crippen LogP contribution in [-0.2, 0) is 11.2 Å². The van der Waals surface area contributed by atoms with Crippen LogP contribution in [-0.4, -0.2) is 17.1 Å². The Hall–Kier alpha value is -1.78. The van der Waals surface area contributed by atoms with Crippen LogP contribution >= 0.6 is 0 Å². The summed E-state index contributed by atoms with van der Waals surface area (Å²) in [6.07, 6.45) is 2.78. The minimum absolute atomic E-state index is 0.116. The number of nitrogens with two attached hydrogens (primary N) is 1. The maximum atomic E-state index is 14.1. The number of hydrogen-bond acceptors (Lipinski definition) is 3. The van der Waals surface area contributed by atoms with Crippen molar-refractivity contribution in [1.29, 1.82) is 0 Å². The first-order valence-corrected chi connectivity index (χ1v) is 8.04. The standard InChI is InChI=1S/C18H27FN2O2/c1-17(2)8-12(9-18(3,4)10-17)21-15-7-13(19)11(5-14(15)20)6-16(22)23/h5,7,12,21H,6,8-10,20H2,1-4H3,(H,22,23). The normalized spacial score (nSPS) is 20.2. The highest BCUT2D eigenvalue weighted by atomic mass is 19.1. The zero-order chi connectivity index (χ0) is 17.4. The van der Waals surface area contributed by atoms with Crippen molar-refractivity contribution in [2.45, 2.75) is 59.4 Å². The molecule has 1 fully saturated rings. The molecular weight excluding hydrogens is 295 g/mol. The van der Waals surface area contributed by atoms with Gasteiger partial charge >= 0.3 is 5.97 Å². The summed E-state index contributed by atoms with van der Waals surface area (Å²) < 4.78 is 14.1. The van der Waals surface area contributed by atoms with Gasteiger partial charge in [-0.15, -0.1) is 0 Å². The van der Waals surface area contributed by atoms with Crippen molar-refractivity contribution < 1.29 is 14.3 Å². The molecule has 2 rings (SSSR count). The number of aliphatic carboxylic acids is 1. The van der Waals surface area contributed by atoms with Crippen LogP contribution in [0.1, 0.15) is 52.5 Å². The molecule has 0 aliphatic heterocycles. The second kappa shape index (κ2) is 6.02. The summed E-state index contributed by atoms with van der Waals surface area (Å²) in [6.45, 7) is 9.01. The van der Waals surface area contributed by atoms with E-state index in [0.29, 0.717) is 11.4 Å². The number of benzene rings is 1. The maximum Gasteiger partial charge on any atom is 0.307 e. The molecule has 0 aromatic heterocycles. The first-order chi connectivity index (χ1) is 10.5. The lowest BCUT2D eigenvalue weighted by Gasteiger charge is -2.45. The van der Waals surface area contributed by atoms with Crippen molar-refractivity contribution in [2.75, 3.05) is 11.1 Å². The molecule has 1 aliphatic rings. The lowest BCUT2D eigenvalue weighted by molar-refractivity contribution is -0.136. The molecule has 128 valence electrons. The van der Waals surface area contributed by atoms with Crippen LogP contribution in [0.15, 0.2) is 12.1 Å². The molecule has 4 N–H and O–H groups in total. The number of halogens is 1. The number of carboxylic acids is 1. The SMILES string of the molecule is CC1(C)CC(Nc2cc(F)c(CC(=O)O)cc2N)CC(C)(C)C1. The van der Waals surface area contributed by atoms with Gasteiger partial charge in [0.2, 0.25) is 0 Å². The second-order valence-corrected chi connectivity index (χ2v) is 8.36. The third kappa shape index (κ3) is 4.60. The second-order valence-electron chi connectivity index (χ2n) is 8.36. The Morgan fingerprint density at radius 1 is 1.30 bits per heavy atom. The Kier molecular flexibility index (Phi) is 4.60. The zero-order valence-electron chi connectivity index (χ0n) is 14.4. The monoisotopic (exact) mass is 322 g/mol. The number of nitrogen functional groups attached to an aromatic ring is 1. The molecule has 0 bridgehead atoms. The Morgan fingerprint density at radius 2 is 1.87 bits per heavy atom. The van der Waals surface area contributed by atoms with Crippen LogP contribution in [0.5, 0.6) is 0 Å². The minimum atomic E-state index is -1.07. The average Bonchev–Trinajstić information content (AvgIpc) is 2.30. The van der Waals surface area contributed by atoms with E-state index >= 15 is 0 Å². The Bertz CT molecular complexity index is 595. The van der Waals surface area contributed by atoms with Crippen LogP contribution in [0.3, 0.4) is 0 Å². The van der Waals surface area contributed by atoms with E-state index in [1.54, 1.807) is 0 Å². The fraction of sp³-hybridized carbons (Fsp3) is 0.611. The fourth-order valence-electron chi connectivity index (χ4n) is 4.23. The Morgan fingerprint density at radius 3 is 2.39 bits per heavy atom. The highest BCUT2D eigenvalue weighted by Gasteiger charge is 2.38. The minimum Gasteiger partial charge on any atom is -0.481 e. The van der Waals surface area contributed by atoms with E-state index in [1.807, 2.05) is 0 Å². The predicted octanol–water partition coefficient (Wildman–Crippen LogP) is 4.05. The van der Waals surface area contributed by atoms with Crippen LogP contribution in [0.4, 0.5) is 15.8 Å². The van der Waals surface area contributed by atoms with Gasteiger partial charge in [-0.05, 0) is 42.2 Å². The van der Waals surface area contributed by atoms with E-state index < -0.39 is 11.8 Å². The van der Waals surface area contributed by atoms with Crippen LogP contribution in [0.2, 0.25) is 0 Å². The molecule has 0 unspecified atom stereocenters. The first kappa shape index (κ1) is 17.6. The largest absolute Gasteiger partial charge is 0.481 e. The van der Waals surface area contributed by atoms with Gasteiger partial charge in [-0.3, -0.25) is 4.79 Å². The van der Waals surface area contributed by atoms with Gasteiger partial charge in [0.05, 0.1) is 17.8 Å². The third-order valence-corrected chi connectivity index (χ3v) is 4.47. The molecule has 5 heteroatoms. The maximum absolute atomic E-state index is 14.1. The summed E-state index contributed by atoms with van der Waals surface area (Å²) in [4.78, 5) is 10.8. The lowest BCUT2D eigenvalue weighted by Crippen LogP contribution is -2.40. The molecule has 0 spiro atoms. The summed E-state index contributed by atoms with van der Waals surface area (Å²) in [5, 5.41) is 12.2. The van der Waals surface area contributed by atoms with Gasteiger partial charge in [-0.25, -0.2) is 4.39 Å². The highest BCUT2D eigenvalue weighted by molar-refractivity contribution is 5.74. The van der Waals surface area contributed by atoms with Gasteiger partial charge in [0.15, 0.2) is 0 Å². The van der Waals surface area contributed by atoms with E-state index in [2.05, 4.69) is 33.0 Å². The number of carboxylic acid groups (broad SMARTS) is 1. The van der Waals surface area contributed by atoms with Crippen molar-refractivity contribution in [2.24, 2.45) is 10.8 Å². The number of nitrogens with one attached hydrogen (secondary N) is 1. The lowest BCUT2D eigenvalue weighted by atomic mass is 9.63. The molecule has 0 atom stereocenters. The van der Waals surface area contributed by atoms with E-state index in [-0.39, 0.29) is 28.9 Å². The van der Waals surface area contributed by atoms with Gasteiger partial charge < -0.3 is 16.2 Å². The van der Waals surface area contributed by atoms with E-state index in [9.17, 15) is 9.18 Å². The van der Waals surface area contributed by atoms with Crippen molar-refractivity contribution in [1.82, 2.24) is 0 Å². The molecule has 0 amide bonds. The number of hydrogen-bond donors (Lipinski definition) is 3. The molecule has 0 saturated heterocycles. The van der Waals surface area contributed by atoms with Gasteiger partial charge in [0.1, 0.15) is 5.82 Å². The average molecular weight is 322 g/mol. The molecule has 4 nitrogen and oxygen atoms in total. The summed E-state index contributed by atoms with van der Waals surface area (Å²) in [5.41, 5.74) is 7.49. The van der Waals surface area contributed by atoms with Crippen LogP contribution in [0, 0.1) is 16.6 Å². The molecule has 0 heterocycles. The summed E-state index contributed by atoms with van der Waals surface area (Å²) in [5.74, 6) is -1.60. The van der Waals surface area contributed by atoms with Gasteiger partial charge in [0, 0.05) is 11.6 Å². The molecule has 1 aliphatic carbocycles. The first-order valence-electron chi connectivity index (χ1n) is 8.04. The fourth-order valence-corrected chi connectivity index (χ4v) is 4.23. The van der Waals surface area contributed by atoms with Crippen molar-refractivity contribution in [3.05, 3.63) is 23.5 Å². The molecular formula is C18H27FN2O2. The Labute approximate surface area is 137 Å². The van der Waals surface area contributed by atoms with Crippen LogP contribution < -0.4 is 11.1 Å². The summed E-state index contributed by atoms with van der Waals surface area (Å²) in [6, 6.07) is 2.97. The third-order valence-electron chi connectivity index (χ3n) is 4.47. The molecule has 0 radical (unpaired) electrons. The Balaban J connectivity index is 2.20. The van der Waals surface area contributed by atoms with Gasteiger partial charge in [0.25, 0.3) is 0 Å². The van der Waals surface area contributed by atoms with Gasteiger partial charge in [-0.2, -0.15) is 0 Å². The zero-order valence-corrected chi connectivity index (χ0v) is 14.4. The topological polar surface area (TPSA) is 75.3 Å². The van der Waals surface area contributed by atoms with Crippen molar-refractivity contribution in [3.8, 4) is 0 Å². The summed E-state index contributed by atoms with van der Waals surface area (Å²) in [7, 11) is 0. The van der Waals surface area contributed by atoms with E-state index in [0.717, 1.165) is 19.3 Å². The van der Waals surface area contributed by atoms with E-state index in [4.69, 9.17) is 10.8 Å². The molecule has 1 aromatic carbocycles. The molecule has 23 heavy (non-hydrogen) atoms. The van der Waals surface area contributed by atoms with Crippen molar-refractivity contribution >= 4 is 17.3 Å². The molecule has 1 saturated carbocycles. The van der Waals surface area contributed by atoms with Crippen LogP contribution in [0.25, 0.3) is 0 Å². The number of rotatable bonds is 4. The number of anilines is 2. The predicted molar refractivity (Wildman–Crippen MR) is 91.0 cm³/mol. The highest BCUT2D eigenvalue weighted by Crippen LogP contribution is 2.46. The number of carbonyl (C=O) groups is 1. The molecule has 1 aromatic rings. The van der Waals surface area contributed by atoms with Gasteiger partial charge in [-0.1, -0.05) is 27.7 Å². The van der Waals surface area contributed by atoms with E-state index in [1.165, 1.54) is 12.1 Å². The van der Waals surface area contributed by atoms with Crippen molar-refractivity contribution in [3.63, 3.8) is 0 Å².